The van der Waals surface area contributed by atoms with Crippen molar-refractivity contribution in [2.24, 2.45) is 7.05 Å². The molecule has 1 atom stereocenters. The van der Waals surface area contributed by atoms with Crippen molar-refractivity contribution >= 4 is 28.5 Å². The fourth-order valence-corrected chi connectivity index (χ4v) is 3.18. The predicted octanol–water partition coefficient (Wildman–Crippen LogP) is 1.20. The number of aromatic nitrogens is 4. The van der Waals surface area contributed by atoms with Crippen LogP contribution in [-0.4, -0.2) is 50.8 Å². The Labute approximate surface area is 161 Å². The molecule has 2 heterocycles. The molecule has 0 saturated heterocycles. The highest BCUT2D eigenvalue weighted by atomic mass is 35.5. The summed E-state index contributed by atoms with van der Waals surface area (Å²) >= 11 is 6.29. The highest BCUT2D eigenvalue weighted by molar-refractivity contribution is 6.31. The van der Waals surface area contributed by atoms with Gasteiger partial charge in [0.25, 0.3) is 5.56 Å². The van der Waals surface area contributed by atoms with Gasteiger partial charge in [0.15, 0.2) is 5.65 Å². The van der Waals surface area contributed by atoms with E-state index in [0.29, 0.717) is 22.6 Å². The second-order valence-corrected chi connectivity index (χ2v) is 6.90. The van der Waals surface area contributed by atoms with E-state index in [1.807, 2.05) is 43.3 Å². The third-order valence-electron chi connectivity index (χ3n) is 4.41. The van der Waals surface area contributed by atoms with Gasteiger partial charge in [0.2, 0.25) is 5.91 Å². The maximum atomic E-state index is 12.5. The Morgan fingerprint density at radius 1 is 1.33 bits per heavy atom. The molecule has 2 aromatic heterocycles. The summed E-state index contributed by atoms with van der Waals surface area (Å²) in [6.07, 6.45) is 2.82. The molecular weight excluding hydrogens is 368 g/mol. The van der Waals surface area contributed by atoms with Crippen molar-refractivity contribution < 1.29 is 4.79 Å². The molecule has 9 heteroatoms. The van der Waals surface area contributed by atoms with Crippen LogP contribution in [0.25, 0.3) is 11.0 Å². The number of hydrogen-bond acceptors (Lipinski definition) is 5. The lowest BCUT2D eigenvalue weighted by atomic mass is 10.1. The highest BCUT2D eigenvalue weighted by Gasteiger charge is 2.18. The summed E-state index contributed by atoms with van der Waals surface area (Å²) in [5.74, 6) is -0.277. The van der Waals surface area contributed by atoms with E-state index >= 15 is 0 Å². The van der Waals surface area contributed by atoms with E-state index in [2.05, 4.69) is 15.4 Å². The van der Waals surface area contributed by atoms with E-state index in [0.717, 1.165) is 5.56 Å². The molecule has 0 fully saturated rings. The van der Waals surface area contributed by atoms with Gasteiger partial charge in [-0.1, -0.05) is 29.8 Å². The second kappa shape index (κ2) is 7.89. The molecule has 0 saturated carbocycles. The SMILES string of the molecule is CN(C)[C@@H](CNC(=O)Cn1cnc2c(cnn2C)c1=O)c1ccccc1Cl. The van der Waals surface area contributed by atoms with Crippen molar-refractivity contribution in [3.63, 3.8) is 0 Å². The number of benzene rings is 1. The van der Waals surface area contributed by atoms with Crippen LogP contribution in [0.5, 0.6) is 0 Å². The van der Waals surface area contributed by atoms with Gasteiger partial charge >= 0.3 is 0 Å². The summed E-state index contributed by atoms with van der Waals surface area (Å²) in [6, 6.07) is 7.45. The van der Waals surface area contributed by atoms with Crippen LogP contribution in [0.15, 0.2) is 41.6 Å². The number of nitrogens with zero attached hydrogens (tertiary/aromatic N) is 5. The van der Waals surface area contributed by atoms with Crippen molar-refractivity contribution in [3.8, 4) is 0 Å². The summed E-state index contributed by atoms with van der Waals surface area (Å²) in [7, 11) is 5.55. The maximum absolute atomic E-state index is 12.5. The van der Waals surface area contributed by atoms with Crippen LogP contribution in [-0.2, 0) is 18.4 Å². The second-order valence-electron chi connectivity index (χ2n) is 6.49. The molecule has 3 rings (SSSR count). The van der Waals surface area contributed by atoms with Gasteiger partial charge in [-0.25, -0.2) is 4.98 Å². The Balaban J connectivity index is 1.71. The Morgan fingerprint density at radius 3 is 2.78 bits per heavy atom. The van der Waals surface area contributed by atoms with Gasteiger partial charge in [-0.15, -0.1) is 0 Å². The topological polar surface area (TPSA) is 85.1 Å². The average molecular weight is 389 g/mol. The van der Waals surface area contributed by atoms with Crippen LogP contribution >= 0.6 is 11.6 Å². The summed E-state index contributed by atoms with van der Waals surface area (Å²) in [4.78, 5) is 31.0. The smallest absolute Gasteiger partial charge is 0.264 e. The number of fused-ring (bicyclic) bond motifs is 1. The molecule has 1 aromatic carbocycles. The molecule has 8 nitrogen and oxygen atoms in total. The van der Waals surface area contributed by atoms with Gasteiger partial charge in [0, 0.05) is 18.6 Å². The molecule has 0 bridgehead atoms. The molecule has 0 aliphatic rings. The van der Waals surface area contributed by atoms with Crippen molar-refractivity contribution in [2.75, 3.05) is 20.6 Å². The zero-order valence-corrected chi connectivity index (χ0v) is 16.1. The molecule has 1 N–H and O–H groups in total. The van der Waals surface area contributed by atoms with Crippen molar-refractivity contribution in [3.05, 3.63) is 57.7 Å². The lowest BCUT2D eigenvalue weighted by Gasteiger charge is -2.26. The fraction of sp³-hybridized carbons (Fsp3) is 0.333. The molecule has 1 amide bonds. The third-order valence-corrected chi connectivity index (χ3v) is 4.76. The monoisotopic (exact) mass is 388 g/mol. The van der Waals surface area contributed by atoms with Gasteiger partial charge in [0.1, 0.15) is 18.3 Å². The number of nitrogens with one attached hydrogen (secondary N) is 1. The summed E-state index contributed by atoms with van der Waals surface area (Å²) in [5.41, 5.74) is 1.13. The van der Waals surface area contributed by atoms with E-state index in [4.69, 9.17) is 11.6 Å². The number of halogens is 1. The Kier molecular flexibility index (Phi) is 5.57. The van der Waals surface area contributed by atoms with Crippen molar-refractivity contribution in [2.45, 2.75) is 12.6 Å². The average Bonchev–Trinajstić information content (AvgIpc) is 3.00. The van der Waals surface area contributed by atoms with Gasteiger partial charge in [0.05, 0.1) is 12.2 Å². The zero-order valence-electron chi connectivity index (χ0n) is 15.4. The molecule has 0 radical (unpaired) electrons. The van der Waals surface area contributed by atoms with E-state index in [-0.39, 0.29) is 24.1 Å². The molecule has 0 aliphatic carbocycles. The number of hydrogen-bond donors (Lipinski definition) is 1. The standard InChI is InChI=1S/C18H21ClN6O2/c1-23(2)15(12-6-4-5-7-14(12)19)9-20-16(26)10-25-11-21-17-13(18(25)27)8-22-24(17)3/h4-8,11,15H,9-10H2,1-3H3,(H,20,26)/t15-/m0/s1. The fourth-order valence-electron chi connectivity index (χ4n) is 2.92. The molecular formula is C18H21ClN6O2. The van der Waals surface area contributed by atoms with Crippen LogP contribution < -0.4 is 10.9 Å². The first kappa shape index (κ1) is 19.1. The molecule has 0 spiro atoms. The maximum Gasteiger partial charge on any atom is 0.264 e. The van der Waals surface area contributed by atoms with Gasteiger partial charge in [-0.05, 0) is 25.7 Å². The van der Waals surface area contributed by atoms with Crippen LogP contribution in [0, 0.1) is 0 Å². The normalized spacial score (nSPS) is 12.5. The summed E-state index contributed by atoms with van der Waals surface area (Å²) in [6.45, 7) is 0.256. The Bertz CT molecular complexity index is 1030. The van der Waals surface area contributed by atoms with E-state index in [1.54, 1.807) is 7.05 Å². The molecule has 142 valence electrons. The number of carbonyl (C=O) groups is 1. The lowest BCUT2D eigenvalue weighted by molar-refractivity contribution is -0.121. The van der Waals surface area contributed by atoms with E-state index in [1.165, 1.54) is 21.8 Å². The molecule has 3 aromatic rings. The molecule has 27 heavy (non-hydrogen) atoms. The minimum atomic E-state index is -0.293. The van der Waals surface area contributed by atoms with E-state index in [9.17, 15) is 9.59 Å². The van der Waals surface area contributed by atoms with Gasteiger partial charge in [-0.3, -0.25) is 18.8 Å². The minimum Gasteiger partial charge on any atom is -0.353 e. The largest absolute Gasteiger partial charge is 0.353 e. The molecule has 0 aliphatic heterocycles. The van der Waals surface area contributed by atoms with E-state index < -0.39 is 0 Å². The van der Waals surface area contributed by atoms with Gasteiger partial charge < -0.3 is 10.2 Å². The van der Waals surface area contributed by atoms with Crippen LogP contribution in [0.1, 0.15) is 11.6 Å². The summed E-state index contributed by atoms with van der Waals surface area (Å²) < 4.78 is 2.80. The Hall–Kier alpha value is -2.71. The van der Waals surface area contributed by atoms with Crippen molar-refractivity contribution in [1.82, 2.24) is 29.5 Å². The number of carbonyl (C=O) groups excluding carboxylic acids is 1. The predicted molar refractivity (Wildman–Crippen MR) is 104 cm³/mol. The van der Waals surface area contributed by atoms with Crippen LogP contribution in [0.4, 0.5) is 0 Å². The highest BCUT2D eigenvalue weighted by Crippen LogP contribution is 2.25. The quantitative estimate of drug-likeness (QED) is 0.686. The molecule has 0 unspecified atom stereocenters. The van der Waals surface area contributed by atoms with Crippen LogP contribution in [0.3, 0.4) is 0 Å². The van der Waals surface area contributed by atoms with Crippen LogP contribution in [0.2, 0.25) is 5.02 Å². The number of rotatable bonds is 6. The summed E-state index contributed by atoms with van der Waals surface area (Å²) in [5, 5.41) is 7.92. The Morgan fingerprint density at radius 2 is 2.07 bits per heavy atom. The first-order valence-corrected chi connectivity index (χ1v) is 8.81. The number of amides is 1. The first-order valence-electron chi connectivity index (χ1n) is 8.43. The number of likely N-dealkylation sites (N-methyl/N-ethyl adjacent to an activating group) is 1. The number of aryl methyl sites for hydroxylation is 1. The lowest BCUT2D eigenvalue weighted by Crippen LogP contribution is -2.38. The van der Waals surface area contributed by atoms with Crippen molar-refractivity contribution in [1.29, 1.82) is 0 Å². The minimum absolute atomic E-state index is 0.0849. The third kappa shape index (κ3) is 4.01. The zero-order chi connectivity index (χ0) is 19.6. The van der Waals surface area contributed by atoms with Gasteiger partial charge in [-0.2, -0.15) is 5.10 Å². The first-order chi connectivity index (χ1) is 12.9.